The molecule has 0 saturated heterocycles. The van der Waals surface area contributed by atoms with E-state index >= 15 is 0 Å². The number of hydrogen-bond donors (Lipinski definition) is 1. The summed E-state index contributed by atoms with van der Waals surface area (Å²) in [7, 11) is 0. The summed E-state index contributed by atoms with van der Waals surface area (Å²) in [5, 5.41) is 12.3. The van der Waals surface area contributed by atoms with Crippen LogP contribution in [0.5, 0.6) is 0 Å². The van der Waals surface area contributed by atoms with E-state index in [0.29, 0.717) is 16.5 Å². The summed E-state index contributed by atoms with van der Waals surface area (Å²) in [6, 6.07) is 3.49. The first-order valence-electron chi connectivity index (χ1n) is 7.34. The summed E-state index contributed by atoms with van der Waals surface area (Å²) >= 11 is 1.41. The van der Waals surface area contributed by atoms with Gasteiger partial charge in [-0.15, -0.1) is 10.2 Å². The lowest BCUT2D eigenvalue weighted by molar-refractivity contribution is 0.102. The first-order chi connectivity index (χ1) is 11.3. The molecule has 0 spiro atoms. The molecular weight excluding hydrogens is 312 g/mol. The molecular formula is C15H16N6OS. The van der Waals surface area contributed by atoms with E-state index < -0.39 is 0 Å². The molecule has 8 heteroatoms. The first kappa shape index (κ1) is 15.3. The van der Waals surface area contributed by atoms with E-state index in [9.17, 15) is 4.79 Å². The van der Waals surface area contributed by atoms with Gasteiger partial charge in [0.25, 0.3) is 5.91 Å². The SMILES string of the molecule is CCCCc1nnc(NC(=O)c2ccc(-n3ccnc3)nc2)s1. The van der Waals surface area contributed by atoms with Gasteiger partial charge in [0.15, 0.2) is 0 Å². The molecule has 118 valence electrons. The number of amides is 1. The number of pyridine rings is 1. The molecule has 0 aliphatic carbocycles. The number of unbranched alkanes of at least 4 members (excludes halogenated alkanes) is 1. The maximum absolute atomic E-state index is 12.2. The van der Waals surface area contributed by atoms with Gasteiger partial charge in [-0.25, -0.2) is 9.97 Å². The zero-order chi connectivity index (χ0) is 16.1. The van der Waals surface area contributed by atoms with Crippen LogP contribution in [0, 0.1) is 0 Å². The van der Waals surface area contributed by atoms with Crippen molar-refractivity contribution in [2.75, 3.05) is 5.32 Å². The molecule has 0 aliphatic heterocycles. The molecule has 3 aromatic rings. The average molecular weight is 328 g/mol. The van der Waals surface area contributed by atoms with E-state index in [0.717, 1.165) is 24.3 Å². The van der Waals surface area contributed by atoms with E-state index in [1.54, 1.807) is 35.4 Å². The third-order valence-electron chi connectivity index (χ3n) is 3.21. The molecule has 0 unspecified atom stereocenters. The number of carbonyl (C=O) groups is 1. The van der Waals surface area contributed by atoms with Crippen LogP contribution >= 0.6 is 11.3 Å². The molecule has 1 amide bonds. The maximum Gasteiger partial charge on any atom is 0.259 e. The summed E-state index contributed by atoms with van der Waals surface area (Å²) in [6.07, 6.45) is 9.73. The fraction of sp³-hybridized carbons (Fsp3) is 0.267. The zero-order valence-electron chi connectivity index (χ0n) is 12.6. The Hall–Kier alpha value is -2.61. The third-order valence-corrected chi connectivity index (χ3v) is 4.11. The number of nitrogens with one attached hydrogen (secondary N) is 1. The molecule has 1 N–H and O–H groups in total. The normalized spacial score (nSPS) is 10.7. The lowest BCUT2D eigenvalue weighted by Crippen LogP contribution is -2.12. The van der Waals surface area contributed by atoms with Crippen LogP contribution in [0.25, 0.3) is 5.82 Å². The fourth-order valence-corrected chi connectivity index (χ4v) is 2.75. The molecule has 3 rings (SSSR count). The van der Waals surface area contributed by atoms with E-state index in [2.05, 4.69) is 32.4 Å². The van der Waals surface area contributed by atoms with Gasteiger partial charge in [-0.3, -0.25) is 14.7 Å². The molecule has 0 radical (unpaired) electrons. The van der Waals surface area contributed by atoms with Crippen molar-refractivity contribution in [1.29, 1.82) is 0 Å². The second kappa shape index (κ2) is 7.10. The van der Waals surface area contributed by atoms with E-state index in [4.69, 9.17) is 0 Å². The summed E-state index contributed by atoms with van der Waals surface area (Å²) in [6.45, 7) is 2.13. The molecule has 0 saturated carbocycles. The van der Waals surface area contributed by atoms with Crippen LogP contribution in [0.2, 0.25) is 0 Å². The number of hydrogen-bond acceptors (Lipinski definition) is 6. The lowest BCUT2D eigenvalue weighted by atomic mass is 10.2. The Morgan fingerprint density at radius 3 is 2.96 bits per heavy atom. The van der Waals surface area contributed by atoms with Gasteiger partial charge in [0.2, 0.25) is 5.13 Å². The number of aromatic nitrogens is 5. The third kappa shape index (κ3) is 3.78. The topological polar surface area (TPSA) is 85.6 Å². The van der Waals surface area contributed by atoms with E-state index in [-0.39, 0.29) is 5.91 Å². The van der Waals surface area contributed by atoms with Crippen molar-refractivity contribution in [3.63, 3.8) is 0 Å². The Labute approximate surface area is 137 Å². The van der Waals surface area contributed by atoms with Crippen molar-refractivity contribution in [1.82, 2.24) is 24.7 Å². The molecule has 23 heavy (non-hydrogen) atoms. The van der Waals surface area contributed by atoms with Crippen molar-refractivity contribution in [3.05, 3.63) is 47.6 Å². The van der Waals surface area contributed by atoms with Gasteiger partial charge >= 0.3 is 0 Å². The van der Waals surface area contributed by atoms with Gasteiger partial charge in [0.05, 0.1) is 5.56 Å². The van der Waals surface area contributed by atoms with Gasteiger partial charge in [-0.2, -0.15) is 0 Å². The van der Waals surface area contributed by atoms with E-state index in [1.807, 2.05) is 0 Å². The van der Waals surface area contributed by atoms with Crippen LogP contribution in [-0.2, 0) is 6.42 Å². The van der Waals surface area contributed by atoms with Crippen LogP contribution in [-0.4, -0.2) is 30.6 Å². The van der Waals surface area contributed by atoms with Crippen LogP contribution < -0.4 is 5.32 Å². The molecule has 0 aromatic carbocycles. The van der Waals surface area contributed by atoms with Crippen LogP contribution in [0.3, 0.4) is 0 Å². The summed E-state index contributed by atoms with van der Waals surface area (Å²) in [5.41, 5.74) is 0.471. The lowest BCUT2D eigenvalue weighted by Gasteiger charge is -2.03. The Bertz CT molecular complexity index is 766. The summed E-state index contributed by atoms with van der Waals surface area (Å²) in [4.78, 5) is 20.4. The smallest absolute Gasteiger partial charge is 0.259 e. The fourth-order valence-electron chi connectivity index (χ4n) is 1.97. The number of rotatable bonds is 6. The van der Waals surface area contributed by atoms with Crippen molar-refractivity contribution in [3.8, 4) is 5.82 Å². The Morgan fingerprint density at radius 2 is 2.26 bits per heavy atom. The Balaban J connectivity index is 1.65. The second-order valence-corrected chi connectivity index (χ2v) is 6.00. The highest BCUT2D eigenvalue weighted by Crippen LogP contribution is 2.18. The largest absolute Gasteiger partial charge is 0.296 e. The quantitative estimate of drug-likeness (QED) is 0.752. The van der Waals surface area contributed by atoms with Crippen LogP contribution in [0.4, 0.5) is 5.13 Å². The number of nitrogens with zero attached hydrogens (tertiary/aromatic N) is 5. The highest BCUT2D eigenvalue weighted by molar-refractivity contribution is 7.15. The van der Waals surface area contributed by atoms with Crippen LogP contribution in [0.1, 0.15) is 35.1 Å². The molecule has 3 heterocycles. The molecule has 7 nitrogen and oxygen atoms in total. The predicted molar refractivity (Wildman–Crippen MR) is 87.8 cm³/mol. The van der Waals surface area contributed by atoms with Crippen molar-refractivity contribution >= 4 is 22.4 Å². The molecule has 0 atom stereocenters. The van der Waals surface area contributed by atoms with Gasteiger partial charge in [0.1, 0.15) is 17.2 Å². The minimum Gasteiger partial charge on any atom is -0.296 e. The van der Waals surface area contributed by atoms with Gasteiger partial charge < -0.3 is 0 Å². The predicted octanol–water partition coefficient (Wildman–Crippen LogP) is 2.71. The molecule has 0 bridgehead atoms. The van der Waals surface area contributed by atoms with Gasteiger partial charge in [0, 0.05) is 25.0 Å². The van der Waals surface area contributed by atoms with Crippen molar-refractivity contribution in [2.24, 2.45) is 0 Å². The van der Waals surface area contributed by atoms with Crippen molar-refractivity contribution in [2.45, 2.75) is 26.2 Å². The number of imidazole rings is 1. The summed E-state index contributed by atoms with van der Waals surface area (Å²) in [5.74, 6) is 0.463. The maximum atomic E-state index is 12.2. The number of carbonyl (C=O) groups excluding carboxylic acids is 1. The number of anilines is 1. The summed E-state index contributed by atoms with van der Waals surface area (Å²) < 4.78 is 1.77. The Morgan fingerprint density at radius 1 is 1.35 bits per heavy atom. The van der Waals surface area contributed by atoms with Crippen molar-refractivity contribution < 1.29 is 4.79 Å². The highest BCUT2D eigenvalue weighted by Gasteiger charge is 2.11. The average Bonchev–Trinajstić information content (AvgIpc) is 3.25. The minimum absolute atomic E-state index is 0.243. The monoisotopic (exact) mass is 328 g/mol. The van der Waals surface area contributed by atoms with Crippen LogP contribution in [0.15, 0.2) is 37.1 Å². The minimum atomic E-state index is -0.243. The van der Waals surface area contributed by atoms with E-state index in [1.165, 1.54) is 17.5 Å². The first-order valence-corrected chi connectivity index (χ1v) is 8.16. The molecule has 0 fully saturated rings. The van der Waals surface area contributed by atoms with Gasteiger partial charge in [-0.05, 0) is 18.6 Å². The standard InChI is InChI=1S/C15H16N6OS/c1-2-3-4-13-19-20-15(23-13)18-14(22)11-5-6-12(17-9-11)21-8-7-16-10-21/h5-10H,2-4H2,1H3,(H,18,20,22). The highest BCUT2D eigenvalue weighted by atomic mass is 32.1. The Kier molecular flexibility index (Phi) is 4.72. The molecule has 0 aliphatic rings. The van der Waals surface area contributed by atoms with Gasteiger partial charge in [-0.1, -0.05) is 24.7 Å². The number of aryl methyl sites for hydroxylation is 1. The zero-order valence-corrected chi connectivity index (χ0v) is 13.5. The molecule has 3 aromatic heterocycles. The second-order valence-electron chi connectivity index (χ2n) is 4.93.